The van der Waals surface area contributed by atoms with Gasteiger partial charge in [0.05, 0.1) is 30.5 Å². The van der Waals surface area contributed by atoms with Crippen molar-refractivity contribution in [1.29, 1.82) is 0 Å². The first-order chi connectivity index (χ1) is 15.2. The van der Waals surface area contributed by atoms with Gasteiger partial charge in [0.2, 0.25) is 0 Å². The summed E-state index contributed by atoms with van der Waals surface area (Å²) >= 11 is 1.78. The molecule has 1 aromatic carbocycles. The van der Waals surface area contributed by atoms with E-state index in [0.29, 0.717) is 40.1 Å². The second-order valence-electron chi connectivity index (χ2n) is 8.63. The number of halogens is 1. The van der Waals surface area contributed by atoms with E-state index >= 15 is 0 Å². The van der Waals surface area contributed by atoms with Crippen LogP contribution in [0.2, 0.25) is 0 Å². The molecule has 0 saturated carbocycles. The lowest BCUT2D eigenvalue weighted by molar-refractivity contribution is -0.0705. The van der Waals surface area contributed by atoms with E-state index < -0.39 is 11.4 Å². The number of hydrogen-bond donors (Lipinski definition) is 2. The molecule has 0 radical (unpaired) electrons. The minimum atomic E-state index is -0.526. The number of anilines is 1. The molecule has 0 spiro atoms. The van der Waals surface area contributed by atoms with Crippen molar-refractivity contribution in [3.05, 3.63) is 34.1 Å². The number of hydrogen-bond acceptors (Lipinski definition) is 7. The standard InChI is InChI=1S/C22H29FN4O3S/c23-18-9-15(24-14-1-5-27(6-2-14)16-11-30-12-16)10-19-21(18)22(28)26-20(25-19)13-31-17-3-7-29-8-4-17/h9-10,14,16-17,24H,1-8,11-13H2,(H,25,26,28). The SMILES string of the molecule is O=c1[nH]c(CSC2CCOCC2)nc2cc(NC3CCN(C4COC4)CC3)cc(F)c12. The van der Waals surface area contributed by atoms with E-state index in [0.717, 1.165) is 65.2 Å². The molecule has 168 valence electrons. The van der Waals surface area contributed by atoms with E-state index in [1.807, 2.05) is 6.07 Å². The zero-order valence-electron chi connectivity index (χ0n) is 17.6. The number of H-pyrrole nitrogens is 1. The van der Waals surface area contributed by atoms with Gasteiger partial charge in [-0.05, 0) is 37.8 Å². The first-order valence-electron chi connectivity index (χ1n) is 11.2. The first kappa shape index (κ1) is 21.2. The van der Waals surface area contributed by atoms with Gasteiger partial charge in [-0.25, -0.2) is 9.37 Å². The van der Waals surface area contributed by atoms with E-state index in [-0.39, 0.29) is 5.39 Å². The fraction of sp³-hybridized carbons (Fsp3) is 0.636. The van der Waals surface area contributed by atoms with Crippen LogP contribution >= 0.6 is 11.8 Å². The molecule has 3 fully saturated rings. The van der Waals surface area contributed by atoms with Crippen LogP contribution in [-0.4, -0.2) is 71.7 Å². The first-order valence-corrected chi connectivity index (χ1v) is 12.2. The Kier molecular flexibility index (Phi) is 6.45. The fourth-order valence-electron chi connectivity index (χ4n) is 4.54. The van der Waals surface area contributed by atoms with Crippen molar-refractivity contribution in [1.82, 2.24) is 14.9 Å². The van der Waals surface area contributed by atoms with Crippen molar-refractivity contribution in [2.45, 2.75) is 48.8 Å². The average Bonchev–Trinajstić information content (AvgIpc) is 2.73. The van der Waals surface area contributed by atoms with Crippen LogP contribution in [0.15, 0.2) is 16.9 Å². The van der Waals surface area contributed by atoms with E-state index in [1.165, 1.54) is 6.07 Å². The van der Waals surface area contributed by atoms with Gasteiger partial charge in [-0.15, -0.1) is 0 Å². The van der Waals surface area contributed by atoms with Gasteiger partial charge in [0.25, 0.3) is 5.56 Å². The Bertz CT molecular complexity index is 969. The molecule has 3 aliphatic heterocycles. The third-order valence-corrected chi connectivity index (χ3v) is 7.85. The summed E-state index contributed by atoms with van der Waals surface area (Å²) in [4.78, 5) is 22.3. The van der Waals surface area contributed by atoms with Crippen molar-refractivity contribution >= 4 is 28.4 Å². The van der Waals surface area contributed by atoms with E-state index in [9.17, 15) is 9.18 Å². The molecule has 4 heterocycles. The molecule has 0 bridgehead atoms. The lowest BCUT2D eigenvalue weighted by atomic mass is 10.0. The minimum absolute atomic E-state index is 0.0326. The number of benzene rings is 1. The van der Waals surface area contributed by atoms with Gasteiger partial charge in [0, 0.05) is 43.3 Å². The maximum Gasteiger partial charge on any atom is 0.261 e. The molecular formula is C22H29FN4O3S. The number of likely N-dealkylation sites (tertiary alicyclic amines) is 1. The number of nitrogens with zero attached hydrogens (tertiary/aromatic N) is 2. The van der Waals surface area contributed by atoms with Crippen LogP contribution in [0.25, 0.3) is 10.9 Å². The second-order valence-corrected chi connectivity index (χ2v) is 9.92. The Morgan fingerprint density at radius 3 is 2.65 bits per heavy atom. The Balaban J connectivity index is 1.27. The molecule has 1 aromatic heterocycles. The molecule has 3 saturated heterocycles. The van der Waals surface area contributed by atoms with Gasteiger partial charge in [0.15, 0.2) is 0 Å². The van der Waals surface area contributed by atoms with Gasteiger partial charge in [-0.1, -0.05) is 0 Å². The second kappa shape index (κ2) is 9.44. The maximum absolute atomic E-state index is 14.8. The Labute approximate surface area is 185 Å². The predicted molar refractivity (Wildman–Crippen MR) is 120 cm³/mol. The molecule has 2 aromatic rings. The van der Waals surface area contributed by atoms with Crippen LogP contribution in [0.3, 0.4) is 0 Å². The third-order valence-electron chi connectivity index (χ3n) is 6.47. The number of piperidine rings is 1. The van der Waals surface area contributed by atoms with Crippen LogP contribution in [-0.2, 0) is 15.2 Å². The molecule has 7 nitrogen and oxygen atoms in total. The molecule has 0 amide bonds. The molecule has 3 aliphatic rings. The Morgan fingerprint density at radius 1 is 1.16 bits per heavy atom. The highest BCUT2D eigenvalue weighted by Gasteiger charge is 2.29. The number of thioether (sulfide) groups is 1. The molecule has 31 heavy (non-hydrogen) atoms. The van der Waals surface area contributed by atoms with Crippen LogP contribution in [0.1, 0.15) is 31.5 Å². The summed E-state index contributed by atoms with van der Waals surface area (Å²) in [5, 5.41) is 4.01. The lowest BCUT2D eigenvalue weighted by Crippen LogP contribution is -2.53. The van der Waals surface area contributed by atoms with Crippen molar-refractivity contribution in [3.63, 3.8) is 0 Å². The fourth-order valence-corrected chi connectivity index (χ4v) is 5.60. The summed E-state index contributed by atoms with van der Waals surface area (Å²) in [5.41, 5.74) is 0.696. The number of nitrogens with one attached hydrogen (secondary N) is 2. The van der Waals surface area contributed by atoms with Crippen LogP contribution in [0.5, 0.6) is 0 Å². The molecule has 0 unspecified atom stereocenters. The molecule has 9 heteroatoms. The van der Waals surface area contributed by atoms with Crippen molar-refractivity contribution in [3.8, 4) is 0 Å². The number of aromatic nitrogens is 2. The van der Waals surface area contributed by atoms with Gasteiger partial charge in [-0.3, -0.25) is 9.69 Å². The summed E-state index contributed by atoms with van der Waals surface area (Å²) in [7, 11) is 0. The molecule has 2 N–H and O–H groups in total. The predicted octanol–water partition coefficient (Wildman–Crippen LogP) is 2.75. The Hall–Kier alpha value is -1.68. The average molecular weight is 449 g/mol. The highest BCUT2D eigenvalue weighted by molar-refractivity contribution is 7.99. The number of aromatic amines is 1. The van der Waals surface area contributed by atoms with Crippen molar-refractivity contribution < 1.29 is 13.9 Å². The van der Waals surface area contributed by atoms with Gasteiger partial charge in [0.1, 0.15) is 17.0 Å². The maximum atomic E-state index is 14.8. The summed E-state index contributed by atoms with van der Waals surface area (Å²) in [6, 6.07) is 4.08. The molecule has 5 rings (SSSR count). The molecule has 0 atom stereocenters. The van der Waals surface area contributed by atoms with Gasteiger partial charge < -0.3 is 19.8 Å². The summed E-state index contributed by atoms with van der Waals surface area (Å²) in [6.07, 6.45) is 4.04. The highest BCUT2D eigenvalue weighted by atomic mass is 32.2. The normalized spacial score (nSPS) is 22.0. The summed E-state index contributed by atoms with van der Waals surface area (Å²) in [6.45, 7) is 5.28. The number of fused-ring (bicyclic) bond motifs is 1. The highest BCUT2D eigenvalue weighted by Crippen LogP contribution is 2.26. The lowest BCUT2D eigenvalue weighted by Gasteiger charge is -2.41. The minimum Gasteiger partial charge on any atom is -0.382 e. The summed E-state index contributed by atoms with van der Waals surface area (Å²) in [5.74, 6) is 0.682. The van der Waals surface area contributed by atoms with Crippen molar-refractivity contribution in [2.75, 3.05) is 44.8 Å². The monoisotopic (exact) mass is 448 g/mol. The summed E-state index contributed by atoms with van der Waals surface area (Å²) < 4.78 is 25.4. The smallest absolute Gasteiger partial charge is 0.261 e. The molecular weight excluding hydrogens is 419 g/mol. The van der Waals surface area contributed by atoms with E-state index in [4.69, 9.17) is 9.47 Å². The quantitative estimate of drug-likeness (QED) is 0.703. The van der Waals surface area contributed by atoms with E-state index in [1.54, 1.807) is 11.8 Å². The number of rotatable bonds is 6. The van der Waals surface area contributed by atoms with Crippen LogP contribution < -0.4 is 10.9 Å². The zero-order valence-corrected chi connectivity index (χ0v) is 18.4. The Morgan fingerprint density at radius 2 is 1.94 bits per heavy atom. The number of ether oxygens (including phenoxy) is 2. The van der Waals surface area contributed by atoms with E-state index in [2.05, 4.69) is 20.2 Å². The van der Waals surface area contributed by atoms with Gasteiger partial charge in [-0.2, -0.15) is 11.8 Å². The zero-order chi connectivity index (χ0) is 21.2. The third kappa shape index (κ3) is 4.89. The van der Waals surface area contributed by atoms with Crippen LogP contribution in [0, 0.1) is 5.82 Å². The van der Waals surface area contributed by atoms with Crippen LogP contribution in [0.4, 0.5) is 10.1 Å². The van der Waals surface area contributed by atoms with Gasteiger partial charge >= 0.3 is 0 Å². The topological polar surface area (TPSA) is 79.5 Å². The largest absolute Gasteiger partial charge is 0.382 e. The van der Waals surface area contributed by atoms with Crippen molar-refractivity contribution in [2.24, 2.45) is 0 Å². The molecule has 0 aliphatic carbocycles.